The van der Waals surface area contributed by atoms with Gasteiger partial charge in [0.15, 0.2) is 0 Å². The summed E-state index contributed by atoms with van der Waals surface area (Å²) in [6.45, 7) is 8.24. The highest BCUT2D eigenvalue weighted by Gasteiger charge is 2.18. The monoisotopic (exact) mass is 249 g/mol. The molecular weight excluding hydrogens is 226 g/mol. The second kappa shape index (κ2) is 5.96. The summed E-state index contributed by atoms with van der Waals surface area (Å²) in [5.74, 6) is 0.507. The van der Waals surface area contributed by atoms with Crippen molar-refractivity contribution in [1.29, 1.82) is 0 Å². The minimum atomic E-state index is -0.116. The summed E-state index contributed by atoms with van der Waals surface area (Å²) in [5, 5.41) is 2.77. The largest absolute Gasteiger partial charge is 0.327 e. The van der Waals surface area contributed by atoms with E-state index in [2.05, 4.69) is 31.1 Å². The second-order valence-corrected chi connectivity index (χ2v) is 5.94. The molecule has 0 aliphatic carbocycles. The quantitative estimate of drug-likeness (QED) is 0.861. The zero-order valence-electron chi connectivity index (χ0n) is 11.7. The van der Waals surface area contributed by atoms with Gasteiger partial charge in [-0.15, -0.1) is 0 Å². The lowest BCUT2D eigenvalue weighted by Crippen LogP contribution is -2.31. The van der Waals surface area contributed by atoms with E-state index in [1.807, 2.05) is 19.1 Å². The number of carbonyl (C=O) groups excluding carboxylic acids is 1. The highest BCUT2D eigenvalue weighted by atomic mass is 16.1. The molecule has 1 atom stereocenters. The van der Waals surface area contributed by atoms with Crippen molar-refractivity contribution in [2.45, 2.75) is 46.6 Å². The first-order valence-corrected chi connectivity index (χ1v) is 6.25. The van der Waals surface area contributed by atoms with E-state index in [4.69, 9.17) is 5.73 Å². The van der Waals surface area contributed by atoms with E-state index in [1.54, 1.807) is 6.07 Å². The first kappa shape index (κ1) is 14.6. The van der Waals surface area contributed by atoms with Crippen LogP contribution in [0.15, 0.2) is 18.2 Å². The fraction of sp³-hybridized carbons (Fsp3) is 0.571. The van der Waals surface area contributed by atoms with Crippen LogP contribution in [0.1, 0.15) is 39.3 Å². The minimum Gasteiger partial charge on any atom is -0.327 e. The summed E-state index contributed by atoms with van der Waals surface area (Å²) in [6.07, 6.45) is 1.15. The number of anilines is 1. The van der Waals surface area contributed by atoms with Crippen LogP contribution in [0, 0.1) is 12.3 Å². The Morgan fingerprint density at radius 2 is 2.11 bits per heavy atom. The van der Waals surface area contributed by atoms with Gasteiger partial charge in [-0.25, -0.2) is 4.98 Å². The molecule has 0 aromatic carbocycles. The molecule has 0 saturated carbocycles. The number of nitrogens with zero attached hydrogens (tertiary/aromatic N) is 1. The molecule has 1 unspecified atom stereocenters. The molecule has 1 amide bonds. The number of pyridine rings is 1. The Bertz CT molecular complexity index is 410. The fourth-order valence-corrected chi connectivity index (χ4v) is 1.90. The summed E-state index contributed by atoms with van der Waals surface area (Å²) in [5.41, 5.74) is 6.98. The smallest absolute Gasteiger partial charge is 0.227 e. The van der Waals surface area contributed by atoms with Crippen molar-refractivity contribution >= 4 is 11.7 Å². The number of aryl methyl sites for hydroxylation is 1. The van der Waals surface area contributed by atoms with E-state index < -0.39 is 0 Å². The van der Waals surface area contributed by atoms with E-state index >= 15 is 0 Å². The molecule has 0 radical (unpaired) electrons. The molecular formula is C14H23N3O. The lowest BCUT2D eigenvalue weighted by molar-refractivity contribution is -0.116. The van der Waals surface area contributed by atoms with E-state index in [-0.39, 0.29) is 17.4 Å². The Labute approximate surface area is 109 Å². The van der Waals surface area contributed by atoms with Gasteiger partial charge in [0.1, 0.15) is 5.82 Å². The number of hydrogen-bond acceptors (Lipinski definition) is 3. The van der Waals surface area contributed by atoms with Crippen molar-refractivity contribution in [3.05, 3.63) is 23.9 Å². The molecule has 0 aliphatic heterocycles. The van der Waals surface area contributed by atoms with Crippen molar-refractivity contribution in [2.24, 2.45) is 11.1 Å². The first-order chi connectivity index (χ1) is 8.26. The van der Waals surface area contributed by atoms with E-state index in [0.29, 0.717) is 12.2 Å². The van der Waals surface area contributed by atoms with Gasteiger partial charge in [-0.05, 0) is 30.9 Å². The van der Waals surface area contributed by atoms with Crippen LogP contribution in [-0.2, 0) is 4.79 Å². The van der Waals surface area contributed by atoms with Crippen LogP contribution in [0.2, 0.25) is 0 Å². The maximum Gasteiger partial charge on any atom is 0.227 e. The van der Waals surface area contributed by atoms with E-state index in [0.717, 1.165) is 12.1 Å². The zero-order chi connectivity index (χ0) is 13.8. The summed E-state index contributed by atoms with van der Waals surface area (Å²) < 4.78 is 0. The number of nitrogens with one attached hydrogen (secondary N) is 1. The molecule has 1 aromatic rings. The average Bonchev–Trinajstić information content (AvgIpc) is 2.13. The molecule has 1 heterocycles. The first-order valence-electron chi connectivity index (χ1n) is 6.25. The van der Waals surface area contributed by atoms with E-state index in [9.17, 15) is 4.79 Å². The Hall–Kier alpha value is -1.42. The number of carbonyl (C=O) groups is 1. The topological polar surface area (TPSA) is 68.0 Å². The van der Waals surface area contributed by atoms with Gasteiger partial charge in [0.05, 0.1) is 0 Å². The zero-order valence-corrected chi connectivity index (χ0v) is 11.7. The van der Waals surface area contributed by atoms with Gasteiger partial charge >= 0.3 is 0 Å². The summed E-state index contributed by atoms with van der Waals surface area (Å²) in [7, 11) is 0. The van der Waals surface area contributed by atoms with Gasteiger partial charge < -0.3 is 11.1 Å². The molecule has 1 rings (SSSR count). The maximum atomic E-state index is 11.8. The molecule has 0 saturated heterocycles. The minimum absolute atomic E-state index is 0.0788. The summed E-state index contributed by atoms with van der Waals surface area (Å²) in [6, 6.07) is 5.42. The van der Waals surface area contributed by atoms with Gasteiger partial charge in [-0.1, -0.05) is 26.8 Å². The van der Waals surface area contributed by atoms with Gasteiger partial charge in [0, 0.05) is 18.2 Å². The number of hydrogen-bond donors (Lipinski definition) is 2. The highest BCUT2D eigenvalue weighted by molar-refractivity contribution is 5.90. The molecule has 0 bridgehead atoms. The van der Waals surface area contributed by atoms with Crippen molar-refractivity contribution in [3.63, 3.8) is 0 Å². The third-order valence-electron chi connectivity index (χ3n) is 2.48. The fourth-order valence-electron chi connectivity index (χ4n) is 1.90. The molecule has 18 heavy (non-hydrogen) atoms. The molecule has 0 spiro atoms. The molecule has 0 fully saturated rings. The lowest BCUT2D eigenvalue weighted by atomic mass is 9.87. The Morgan fingerprint density at radius 3 is 2.67 bits per heavy atom. The highest BCUT2D eigenvalue weighted by Crippen LogP contribution is 2.21. The average molecular weight is 249 g/mol. The molecule has 0 aliphatic rings. The van der Waals surface area contributed by atoms with Crippen molar-refractivity contribution in [1.82, 2.24) is 4.98 Å². The van der Waals surface area contributed by atoms with Crippen LogP contribution in [0.5, 0.6) is 0 Å². The van der Waals surface area contributed by atoms with E-state index in [1.165, 1.54) is 0 Å². The number of amides is 1. The molecule has 4 nitrogen and oxygen atoms in total. The third kappa shape index (κ3) is 5.77. The Morgan fingerprint density at radius 1 is 1.44 bits per heavy atom. The second-order valence-electron chi connectivity index (χ2n) is 5.94. The predicted molar refractivity (Wildman–Crippen MR) is 74.3 cm³/mol. The SMILES string of the molecule is Cc1cccc(NC(=O)CC(N)CC(C)(C)C)n1. The van der Waals surface area contributed by atoms with Crippen LogP contribution < -0.4 is 11.1 Å². The predicted octanol–water partition coefficient (Wildman–Crippen LogP) is 2.48. The Balaban J connectivity index is 2.47. The normalized spacial score (nSPS) is 13.2. The van der Waals surface area contributed by atoms with Crippen LogP contribution in [0.4, 0.5) is 5.82 Å². The van der Waals surface area contributed by atoms with Crippen LogP contribution in [0.25, 0.3) is 0 Å². The third-order valence-corrected chi connectivity index (χ3v) is 2.48. The molecule has 1 aromatic heterocycles. The number of nitrogens with two attached hydrogens (primary N) is 1. The van der Waals surface area contributed by atoms with Gasteiger partial charge in [0.25, 0.3) is 0 Å². The van der Waals surface area contributed by atoms with Crippen LogP contribution in [-0.4, -0.2) is 16.9 Å². The van der Waals surface area contributed by atoms with Gasteiger partial charge in [0.2, 0.25) is 5.91 Å². The lowest BCUT2D eigenvalue weighted by Gasteiger charge is -2.22. The molecule has 4 heteroatoms. The molecule has 3 N–H and O–H groups in total. The van der Waals surface area contributed by atoms with Crippen LogP contribution >= 0.6 is 0 Å². The molecule has 100 valence electrons. The van der Waals surface area contributed by atoms with Gasteiger partial charge in [-0.2, -0.15) is 0 Å². The Kier molecular flexibility index (Phi) is 4.84. The number of rotatable bonds is 4. The van der Waals surface area contributed by atoms with Crippen LogP contribution in [0.3, 0.4) is 0 Å². The van der Waals surface area contributed by atoms with Crippen molar-refractivity contribution < 1.29 is 4.79 Å². The number of aromatic nitrogens is 1. The van der Waals surface area contributed by atoms with Crippen molar-refractivity contribution in [3.8, 4) is 0 Å². The van der Waals surface area contributed by atoms with Gasteiger partial charge in [-0.3, -0.25) is 4.79 Å². The summed E-state index contributed by atoms with van der Waals surface area (Å²) >= 11 is 0. The maximum absolute atomic E-state index is 11.8. The summed E-state index contributed by atoms with van der Waals surface area (Å²) in [4.78, 5) is 16.0. The van der Waals surface area contributed by atoms with Crippen molar-refractivity contribution in [2.75, 3.05) is 5.32 Å². The standard InChI is InChI=1S/C14H23N3O/c1-10-6-5-7-12(16-10)17-13(18)8-11(15)9-14(2,3)4/h5-7,11H,8-9,15H2,1-4H3,(H,16,17,18).